The standard InChI is InChI=1S/C5H13NO3S/c1-4-6(5-2)10(7,8)9-3/h4-5H2,1-3H3. The van der Waals surface area contributed by atoms with Gasteiger partial charge in [-0.2, -0.15) is 12.7 Å². The molecule has 0 aromatic carbocycles. The SMILES string of the molecule is CCN(CC)S(=O)(=O)OC. The van der Waals surface area contributed by atoms with Gasteiger partial charge in [0.25, 0.3) is 0 Å². The summed E-state index contributed by atoms with van der Waals surface area (Å²) in [6.45, 7) is 4.43. The molecule has 0 heterocycles. The zero-order chi connectivity index (χ0) is 8.20. The van der Waals surface area contributed by atoms with Crippen LogP contribution in [0.1, 0.15) is 13.8 Å². The van der Waals surface area contributed by atoms with Crippen LogP contribution >= 0.6 is 0 Å². The van der Waals surface area contributed by atoms with Crippen LogP contribution in [-0.2, 0) is 14.5 Å². The van der Waals surface area contributed by atoms with E-state index in [1.165, 1.54) is 4.31 Å². The highest BCUT2D eigenvalue weighted by Crippen LogP contribution is 1.99. The first-order valence-corrected chi connectivity index (χ1v) is 4.50. The van der Waals surface area contributed by atoms with Gasteiger partial charge in [-0.1, -0.05) is 13.8 Å². The van der Waals surface area contributed by atoms with Crippen molar-refractivity contribution in [1.82, 2.24) is 4.31 Å². The zero-order valence-electron chi connectivity index (χ0n) is 6.49. The van der Waals surface area contributed by atoms with Crippen LogP contribution in [0.3, 0.4) is 0 Å². The zero-order valence-corrected chi connectivity index (χ0v) is 7.31. The van der Waals surface area contributed by atoms with Gasteiger partial charge in [0.15, 0.2) is 0 Å². The fourth-order valence-corrected chi connectivity index (χ4v) is 1.49. The Bertz CT molecular complexity index is 171. The molecule has 0 N–H and O–H groups in total. The van der Waals surface area contributed by atoms with Crippen LogP contribution in [-0.4, -0.2) is 32.9 Å². The molecule has 0 saturated heterocycles. The molecule has 62 valence electrons. The Hall–Kier alpha value is -0.130. The van der Waals surface area contributed by atoms with Gasteiger partial charge in [0.05, 0.1) is 7.11 Å². The molecule has 0 aromatic rings. The molecule has 0 unspecified atom stereocenters. The van der Waals surface area contributed by atoms with E-state index < -0.39 is 10.3 Å². The second-order valence-electron chi connectivity index (χ2n) is 1.71. The first kappa shape index (κ1) is 9.87. The molecule has 0 aliphatic heterocycles. The van der Waals surface area contributed by atoms with Crippen LogP contribution in [0, 0.1) is 0 Å². The molecule has 0 radical (unpaired) electrons. The van der Waals surface area contributed by atoms with Crippen molar-refractivity contribution >= 4 is 10.3 Å². The summed E-state index contributed by atoms with van der Waals surface area (Å²) < 4.78 is 27.3. The Balaban J connectivity index is 4.28. The summed E-state index contributed by atoms with van der Waals surface area (Å²) in [6, 6.07) is 0. The molecule has 0 amide bonds. The van der Waals surface area contributed by atoms with Gasteiger partial charge in [0.1, 0.15) is 0 Å². The average Bonchev–Trinajstić information content (AvgIpc) is 1.90. The predicted molar refractivity (Wildman–Crippen MR) is 38.8 cm³/mol. The highest BCUT2D eigenvalue weighted by Gasteiger charge is 2.16. The van der Waals surface area contributed by atoms with Crippen LogP contribution in [0.2, 0.25) is 0 Å². The molecule has 4 nitrogen and oxygen atoms in total. The van der Waals surface area contributed by atoms with Gasteiger partial charge in [-0.25, -0.2) is 0 Å². The summed E-state index contributed by atoms with van der Waals surface area (Å²) in [7, 11) is -2.27. The topological polar surface area (TPSA) is 46.6 Å². The average molecular weight is 167 g/mol. The number of hydrogen-bond donors (Lipinski definition) is 0. The summed E-state index contributed by atoms with van der Waals surface area (Å²) >= 11 is 0. The van der Waals surface area contributed by atoms with Gasteiger partial charge >= 0.3 is 10.3 Å². The molecule has 0 bridgehead atoms. The smallest absolute Gasteiger partial charge is 0.261 e. The summed E-state index contributed by atoms with van der Waals surface area (Å²) in [5.41, 5.74) is 0. The van der Waals surface area contributed by atoms with Crippen molar-refractivity contribution in [2.45, 2.75) is 13.8 Å². The Morgan fingerprint density at radius 1 is 1.30 bits per heavy atom. The Morgan fingerprint density at radius 3 is 1.80 bits per heavy atom. The van der Waals surface area contributed by atoms with E-state index in [9.17, 15) is 8.42 Å². The van der Waals surface area contributed by atoms with Gasteiger partial charge in [-0.15, -0.1) is 0 Å². The minimum absolute atomic E-state index is 0.451. The van der Waals surface area contributed by atoms with E-state index in [1.807, 2.05) is 0 Å². The largest absolute Gasteiger partial charge is 0.338 e. The van der Waals surface area contributed by atoms with E-state index in [0.29, 0.717) is 13.1 Å². The molecule has 0 spiro atoms. The Kier molecular flexibility index (Phi) is 3.85. The molecule has 0 saturated carbocycles. The van der Waals surface area contributed by atoms with Crippen molar-refractivity contribution in [3.05, 3.63) is 0 Å². The summed E-state index contributed by atoms with van der Waals surface area (Å²) in [5.74, 6) is 0. The number of nitrogens with zero attached hydrogens (tertiary/aromatic N) is 1. The van der Waals surface area contributed by atoms with Crippen molar-refractivity contribution in [3.8, 4) is 0 Å². The minimum Gasteiger partial charge on any atom is -0.261 e. The van der Waals surface area contributed by atoms with Crippen molar-refractivity contribution in [1.29, 1.82) is 0 Å². The fraction of sp³-hybridized carbons (Fsp3) is 1.00. The lowest BCUT2D eigenvalue weighted by Crippen LogP contribution is -2.31. The Morgan fingerprint density at radius 2 is 1.70 bits per heavy atom. The lowest BCUT2D eigenvalue weighted by atomic mass is 10.7. The maximum atomic E-state index is 10.9. The second-order valence-corrected chi connectivity index (χ2v) is 3.41. The van der Waals surface area contributed by atoms with Gasteiger partial charge in [0.2, 0.25) is 0 Å². The molecule has 0 rings (SSSR count). The molecule has 0 fully saturated rings. The molecular weight excluding hydrogens is 154 g/mol. The lowest BCUT2D eigenvalue weighted by molar-refractivity contribution is 0.324. The van der Waals surface area contributed by atoms with Crippen LogP contribution in [0.4, 0.5) is 0 Å². The van der Waals surface area contributed by atoms with Gasteiger partial charge in [-0.3, -0.25) is 4.18 Å². The van der Waals surface area contributed by atoms with Crippen molar-refractivity contribution in [2.75, 3.05) is 20.2 Å². The van der Waals surface area contributed by atoms with E-state index >= 15 is 0 Å². The van der Waals surface area contributed by atoms with E-state index in [-0.39, 0.29) is 0 Å². The van der Waals surface area contributed by atoms with Crippen LogP contribution in [0.25, 0.3) is 0 Å². The molecule has 0 aromatic heterocycles. The minimum atomic E-state index is -3.43. The van der Waals surface area contributed by atoms with Crippen LogP contribution < -0.4 is 0 Å². The first-order valence-electron chi connectivity index (χ1n) is 3.14. The lowest BCUT2D eigenvalue weighted by Gasteiger charge is -2.15. The fourth-order valence-electron chi connectivity index (χ4n) is 0.645. The van der Waals surface area contributed by atoms with Crippen LogP contribution in [0.5, 0.6) is 0 Å². The maximum Gasteiger partial charge on any atom is 0.338 e. The van der Waals surface area contributed by atoms with E-state index in [0.717, 1.165) is 7.11 Å². The highest BCUT2D eigenvalue weighted by atomic mass is 32.2. The van der Waals surface area contributed by atoms with Crippen molar-refractivity contribution in [3.63, 3.8) is 0 Å². The van der Waals surface area contributed by atoms with E-state index in [4.69, 9.17) is 0 Å². The predicted octanol–water partition coefficient (Wildman–Crippen LogP) is 0.219. The summed E-state index contributed by atoms with van der Waals surface area (Å²) in [4.78, 5) is 0. The maximum absolute atomic E-state index is 10.9. The normalized spacial score (nSPS) is 12.4. The summed E-state index contributed by atoms with van der Waals surface area (Å²) in [5, 5.41) is 0. The molecule has 10 heavy (non-hydrogen) atoms. The van der Waals surface area contributed by atoms with Crippen molar-refractivity contribution < 1.29 is 12.6 Å². The van der Waals surface area contributed by atoms with Gasteiger partial charge < -0.3 is 0 Å². The monoisotopic (exact) mass is 167 g/mol. The molecule has 0 aliphatic carbocycles. The number of hydrogen-bond acceptors (Lipinski definition) is 3. The third-order valence-corrected chi connectivity index (χ3v) is 2.80. The summed E-state index contributed by atoms with van der Waals surface area (Å²) in [6.07, 6.45) is 0. The van der Waals surface area contributed by atoms with Crippen molar-refractivity contribution in [2.24, 2.45) is 0 Å². The first-order chi connectivity index (χ1) is 4.58. The quantitative estimate of drug-likeness (QED) is 0.601. The van der Waals surface area contributed by atoms with E-state index in [1.54, 1.807) is 13.8 Å². The van der Waals surface area contributed by atoms with Gasteiger partial charge in [-0.05, 0) is 0 Å². The molecule has 0 aliphatic rings. The molecular formula is C5H13NO3S. The van der Waals surface area contributed by atoms with Crippen LogP contribution in [0.15, 0.2) is 0 Å². The number of rotatable bonds is 4. The van der Waals surface area contributed by atoms with Gasteiger partial charge in [0, 0.05) is 13.1 Å². The Labute approximate surface area is 62.0 Å². The third-order valence-electron chi connectivity index (χ3n) is 1.23. The molecule has 5 heteroatoms. The third kappa shape index (κ3) is 2.24. The molecule has 0 atom stereocenters. The highest BCUT2D eigenvalue weighted by molar-refractivity contribution is 7.84. The second kappa shape index (κ2) is 3.90. The van der Waals surface area contributed by atoms with E-state index in [2.05, 4.69) is 4.18 Å².